The molecule has 2 amide bonds. The van der Waals surface area contributed by atoms with Crippen LogP contribution in [0.3, 0.4) is 0 Å². The van der Waals surface area contributed by atoms with Crippen LogP contribution >= 0.6 is 0 Å². The van der Waals surface area contributed by atoms with Gasteiger partial charge in [0, 0.05) is 5.56 Å². The highest BCUT2D eigenvalue weighted by molar-refractivity contribution is 5.94. The SMILES string of the molecule is COc1ccccc1C(NC(=O)c1ccco1)NC(=O)c1ccco1. The number of nitrogens with one attached hydrogen (secondary N) is 2. The lowest BCUT2D eigenvalue weighted by molar-refractivity contribution is 0.0852. The number of hydrogen-bond donors (Lipinski definition) is 2. The molecule has 0 radical (unpaired) electrons. The molecule has 0 saturated heterocycles. The van der Waals surface area contributed by atoms with E-state index in [9.17, 15) is 9.59 Å². The van der Waals surface area contributed by atoms with Crippen molar-refractivity contribution in [3.63, 3.8) is 0 Å². The summed E-state index contributed by atoms with van der Waals surface area (Å²) in [6.07, 6.45) is 1.95. The number of para-hydroxylation sites is 1. The highest BCUT2D eigenvalue weighted by Gasteiger charge is 2.23. The number of benzene rings is 1. The second kappa shape index (κ2) is 7.39. The first-order chi connectivity index (χ1) is 12.2. The molecule has 3 aromatic rings. The second-order valence-corrected chi connectivity index (χ2v) is 5.08. The van der Waals surface area contributed by atoms with Crippen LogP contribution in [0.25, 0.3) is 0 Å². The van der Waals surface area contributed by atoms with Crippen molar-refractivity contribution in [1.29, 1.82) is 0 Å². The first kappa shape index (κ1) is 16.4. The zero-order chi connectivity index (χ0) is 17.6. The number of hydrogen-bond acceptors (Lipinski definition) is 5. The molecule has 0 aliphatic carbocycles. The number of furan rings is 2. The van der Waals surface area contributed by atoms with Crippen LogP contribution in [0.5, 0.6) is 5.75 Å². The standard InChI is InChI=1S/C18H16N2O5/c1-23-13-7-3-2-6-12(13)16(19-17(21)14-8-4-10-24-14)20-18(22)15-9-5-11-25-15/h2-11,16H,1H3,(H,19,21)(H,20,22). The van der Waals surface area contributed by atoms with Gasteiger partial charge in [-0.15, -0.1) is 0 Å². The third-order valence-corrected chi connectivity index (χ3v) is 3.49. The van der Waals surface area contributed by atoms with Crippen molar-refractivity contribution >= 4 is 11.8 Å². The third kappa shape index (κ3) is 3.72. The fourth-order valence-electron chi connectivity index (χ4n) is 2.32. The molecule has 7 heteroatoms. The third-order valence-electron chi connectivity index (χ3n) is 3.49. The predicted molar refractivity (Wildman–Crippen MR) is 88.1 cm³/mol. The smallest absolute Gasteiger partial charge is 0.288 e. The van der Waals surface area contributed by atoms with E-state index >= 15 is 0 Å². The van der Waals surface area contributed by atoms with E-state index in [-0.39, 0.29) is 11.5 Å². The van der Waals surface area contributed by atoms with Gasteiger partial charge in [0.1, 0.15) is 11.9 Å². The van der Waals surface area contributed by atoms with Crippen LogP contribution in [0, 0.1) is 0 Å². The molecule has 1 aromatic carbocycles. The van der Waals surface area contributed by atoms with E-state index in [1.807, 2.05) is 0 Å². The highest BCUT2D eigenvalue weighted by atomic mass is 16.5. The van der Waals surface area contributed by atoms with Crippen molar-refractivity contribution in [1.82, 2.24) is 10.6 Å². The Morgan fingerprint density at radius 3 is 1.92 bits per heavy atom. The van der Waals surface area contributed by atoms with E-state index in [1.165, 1.54) is 31.8 Å². The molecule has 2 aromatic heterocycles. The summed E-state index contributed by atoms with van der Waals surface area (Å²) in [7, 11) is 1.51. The summed E-state index contributed by atoms with van der Waals surface area (Å²) < 4.78 is 15.5. The first-order valence-corrected chi connectivity index (χ1v) is 7.50. The van der Waals surface area contributed by atoms with Gasteiger partial charge in [-0.25, -0.2) is 0 Å². The second-order valence-electron chi connectivity index (χ2n) is 5.08. The Hall–Kier alpha value is -3.48. The van der Waals surface area contributed by atoms with Gasteiger partial charge in [0.15, 0.2) is 11.5 Å². The van der Waals surface area contributed by atoms with Crippen LogP contribution in [0.1, 0.15) is 32.8 Å². The summed E-state index contributed by atoms with van der Waals surface area (Å²) in [6.45, 7) is 0. The summed E-state index contributed by atoms with van der Waals surface area (Å²) in [4.78, 5) is 24.7. The number of amides is 2. The number of ether oxygens (including phenoxy) is 1. The van der Waals surface area contributed by atoms with E-state index in [4.69, 9.17) is 13.6 Å². The lowest BCUT2D eigenvalue weighted by Gasteiger charge is -2.21. The van der Waals surface area contributed by atoms with Crippen molar-refractivity contribution in [3.05, 3.63) is 78.1 Å². The summed E-state index contributed by atoms with van der Waals surface area (Å²) in [5.74, 6) is -0.160. The zero-order valence-electron chi connectivity index (χ0n) is 13.4. The van der Waals surface area contributed by atoms with Crippen LogP contribution in [-0.2, 0) is 0 Å². The lowest BCUT2D eigenvalue weighted by atomic mass is 10.1. The Balaban J connectivity index is 1.87. The molecule has 2 heterocycles. The molecule has 128 valence electrons. The van der Waals surface area contributed by atoms with Gasteiger partial charge in [-0.2, -0.15) is 0 Å². The van der Waals surface area contributed by atoms with E-state index in [2.05, 4.69) is 10.6 Å². The molecule has 0 saturated carbocycles. The Bertz CT molecular complexity index is 792. The van der Waals surface area contributed by atoms with Crippen molar-refractivity contribution in [3.8, 4) is 5.75 Å². The largest absolute Gasteiger partial charge is 0.496 e. The molecule has 7 nitrogen and oxygen atoms in total. The van der Waals surface area contributed by atoms with Gasteiger partial charge in [-0.05, 0) is 30.3 Å². The molecule has 0 unspecified atom stereocenters. The Labute approximate surface area is 143 Å². The van der Waals surface area contributed by atoms with Gasteiger partial charge in [0.25, 0.3) is 11.8 Å². The van der Waals surface area contributed by atoms with E-state index in [0.717, 1.165) is 0 Å². The Morgan fingerprint density at radius 1 is 0.880 bits per heavy atom. The monoisotopic (exact) mass is 340 g/mol. The Morgan fingerprint density at radius 2 is 1.44 bits per heavy atom. The molecule has 0 bridgehead atoms. The molecule has 3 rings (SSSR count). The minimum absolute atomic E-state index is 0.132. The average molecular weight is 340 g/mol. The van der Waals surface area contributed by atoms with Crippen LogP contribution in [0.15, 0.2) is 69.9 Å². The summed E-state index contributed by atoms with van der Waals surface area (Å²) in [5, 5.41) is 5.43. The van der Waals surface area contributed by atoms with Crippen LogP contribution in [0.2, 0.25) is 0 Å². The topological polar surface area (TPSA) is 93.7 Å². The van der Waals surface area contributed by atoms with Gasteiger partial charge in [-0.3, -0.25) is 9.59 Å². The molecule has 0 atom stereocenters. The number of rotatable bonds is 6. The first-order valence-electron chi connectivity index (χ1n) is 7.50. The fourth-order valence-corrected chi connectivity index (χ4v) is 2.32. The van der Waals surface area contributed by atoms with Crippen molar-refractivity contribution in [2.45, 2.75) is 6.17 Å². The van der Waals surface area contributed by atoms with Gasteiger partial charge in [0.2, 0.25) is 0 Å². The van der Waals surface area contributed by atoms with E-state index in [1.54, 1.807) is 36.4 Å². The average Bonchev–Trinajstić information content (AvgIpc) is 3.34. The summed E-state index contributed by atoms with van der Waals surface area (Å²) in [6, 6.07) is 13.3. The molecule has 25 heavy (non-hydrogen) atoms. The Kier molecular flexibility index (Phi) is 4.84. The maximum atomic E-state index is 12.3. The summed E-state index contributed by atoms with van der Waals surface area (Å²) >= 11 is 0. The minimum atomic E-state index is -0.841. The van der Waals surface area contributed by atoms with E-state index < -0.39 is 18.0 Å². The van der Waals surface area contributed by atoms with Crippen LogP contribution in [-0.4, -0.2) is 18.9 Å². The molecule has 0 fully saturated rings. The van der Waals surface area contributed by atoms with Gasteiger partial charge in [0.05, 0.1) is 19.6 Å². The fraction of sp³-hybridized carbons (Fsp3) is 0.111. The molecule has 0 aliphatic rings. The molecular weight excluding hydrogens is 324 g/mol. The van der Waals surface area contributed by atoms with E-state index in [0.29, 0.717) is 11.3 Å². The van der Waals surface area contributed by atoms with Crippen molar-refractivity contribution < 1.29 is 23.2 Å². The molecule has 0 aliphatic heterocycles. The maximum Gasteiger partial charge on any atom is 0.288 e. The lowest BCUT2D eigenvalue weighted by Crippen LogP contribution is -2.41. The van der Waals surface area contributed by atoms with Crippen molar-refractivity contribution in [2.24, 2.45) is 0 Å². The van der Waals surface area contributed by atoms with Gasteiger partial charge in [-0.1, -0.05) is 18.2 Å². The highest BCUT2D eigenvalue weighted by Crippen LogP contribution is 2.24. The molecular formula is C18H16N2O5. The molecule has 2 N–H and O–H groups in total. The minimum Gasteiger partial charge on any atom is -0.496 e. The number of methoxy groups -OCH3 is 1. The predicted octanol–water partition coefficient (Wildman–Crippen LogP) is 2.74. The maximum absolute atomic E-state index is 12.3. The zero-order valence-corrected chi connectivity index (χ0v) is 13.4. The number of carbonyl (C=O) groups excluding carboxylic acids is 2. The molecule has 0 spiro atoms. The van der Waals surface area contributed by atoms with Crippen molar-refractivity contribution in [2.75, 3.05) is 7.11 Å². The quantitative estimate of drug-likeness (QED) is 0.673. The normalized spacial score (nSPS) is 10.5. The van der Waals surface area contributed by atoms with Crippen LogP contribution in [0.4, 0.5) is 0 Å². The van der Waals surface area contributed by atoms with Crippen LogP contribution < -0.4 is 15.4 Å². The van der Waals surface area contributed by atoms with Gasteiger partial charge < -0.3 is 24.2 Å². The van der Waals surface area contributed by atoms with Gasteiger partial charge >= 0.3 is 0 Å². The summed E-state index contributed by atoms with van der Waals surface area (Å²) in [5.41, 5.74) is 0.588. The number of carbonyl (C=O) groups is 2.